The monoisotopic (exact) mass is 475 g/mol. The number of benzene rings is 1. The van der Waals surface area contributed by atoms with Crippen molar-refractivity contribution in [3.8, 4) is 11.5 Å². The van der Waals surface area contributed by atoms with Crippen LogP contribution in [0.2, 0.25) is 0 Å². The van der Waals surface area contributed by atoms with Crippen LogP contribution in [-0.2, 0) is 11.3 Å². The molecule has 0 amide bonds. The molecule has 2 aromatic heterocycles. The Balaban J connectivity index is 1.37. The van der Waals surface area contributed by atoms with Gasteiger partial charge in [-0.15, -0.1) is 13.2 Å². The van der Waals surface area contributed by atoms with Crippen molar-refractivity contribution in [1.29, 1.82) is 0 Å². The lowest BCUT2D eigenvalue weighted by Crippen LogP contribution is -2.38. The first-order valence-corrected chi connectivity index (χ1v) is 10.3. The molecule has 0 aliphatic carbocycles. The largest absolute Gasteiger partial charge is 0.573 e. The Bertz CT molecular complexity index is 1120. The number of anilines is 1. The van der Waals surface area contributed by atoms with Crippen LogP contribution in [0.5, 0.6) is 11.5 Å². The lowest BCUT2D eigenvalue weighted by atomic mass is 10.1. The number of nitrogens with zero attached hydrogens (tertiary/aromatic N) is 3. The second kappa shape index (κ2) is 9.96. The molecule has 34 heavy (non-hydrogen) atoms. The zero-order valence-corrected chi connectivity index (χ0v) is 17.7. The summed E-state index contributed by atoms with van der Waals surface area (Å²) in [6, 6.07) is 10.4. The number of halogens is 3. The van der Waals surface area contributed by atoms with Gasteiger partial charge in [-0.3, -0.25) is 9.97 Å². The van der Waals surface area contributed by atoms with Crippen molar-refractivity contribution in [3.63, 3.8) is 0 Å². The van der Waals surface area contributed by atoms with Gasteiger partial charge in [-0.2, -0.15) is 0 Å². The van der Waals surface area contributed by atoms with E-state index in [2.05, 4.69) is 19.6 Å². The quantitative estimate of drug-likeness (QED) is 0.543. The Hall–Kier alpha value is -3.86. The molecule has 0 saturated carbocycles. The number of rotatable bonds is 7. The molecule has 178 valence electrons. The first kappa shape index (κ1) is 23.3. The smallest absolute Gasteiger partial charge is 0.487 e. The maximum Gasteiger partial charge on any atom is 0.573 e. The standard InChI is InChI=1S/C23H20F3N3O5/c24-23(25,26)34-18-4-1-15(2-5-18)14-33-19-9-17(11-27-12-19)29-7-8-32-21(13-29)20-6-3-16(10-28-20)22(30)31/h1-6,9-12,21H,7-8,13-14H2,(H,30,31). The number of morpholine rings is 1. The Morgan fingerprint density at radius 2 is 1.91 bits per heavy atom. The maximum absolute atomic E-state index is 12.3. The van der Waals surface area contributed by atoms with Crippen LogP contribution in [0, 0.1) is 0 Å². The van der Waals surface area contributed by atoms with Crippen LogP contribution in [-0.4, -0.2) is 47.1 Å². The molecule has 1 aliphatic heterocycles. The molecule has 11 heteroatoms. The van der Waals surface area contributed by atoms with Crippen molar-refractivity contribution in [1.82, 2.24) is 9.97 Å². The Morgan fingerprint density at radius 3 is 2.59 bits per heavy atom. The highest BCUT2D eigenvalue weighted by atomic mass is 19.4. The van der Waals surface area contributed by atoms with Crippen molar-refractivity contribution < 1.29 is 37.3 Å². The lowest BCUT2D eigenvalue weighted by Gasteiger charge is -2.34. The molecule has 1 aliphatic rings. The number of carbonyl (C=O) groups is 1. The predicted octanol–water partition coefficient (Wildman–Crippen LogP) is 4.23. The van der Waals surface area contributed by atoms with E-state index in [1.165, 1.54) is 36.5 Å². The molecule has 1 aromatic carbocycles. The van der Waals surface area contributed by atoms with Crippen molar-refractivity contribution in [3.05, 3.63) is 77.9 Å². The fraction of sp³-hybridized carbons (Fsp3) is 0.261. The number of aromatic nitrogens is 2. The van der Waals surface area contributed by atoms with Crippen LogP contribution in [0.15, 0.2) is 61.1 Å². The van der Waals surface area contributed by atoms with E-state index in [9.17, 15) is 18.0 Å². The van der Waals surface area contributed by atoms with Crippen molar-refractivity contribution in [2.75, 3.05) is 24.6 Å². The minimum atomic E-state index is -4.74. The van der Waals surface area contributed by atoms with Gasteiger partial charge in [-0.25, -0.2) is 4.79 Å². The second-order valence-corrected chi connectivity index (χ2v) is 7.44. The minimum Gasteiger partial charge on any atom is -0.487 e. The molecule has 1 unspecified atom stereocenters. The molecule has 0 radical (unpaired) electrons. The molecule has 0 bridgehead atoms. The maximum atomic E-state index is 12.3. The lowest BCUT2D eigenvalue weighted by molar-refractivity contribution is -0.274. The van der Waals surface area contributed by atoms with Gasteiger partial charge in [-0.05, 0) is 29.8 Å². The van der Waals surface area contributed by atoms with Crippen LogP contribution in [0.25, 0.3) is 0 Å². The van der Waals surface area contributed by atoms with Gasteiger partial charge in [0.2, 0.25) is 0 Å². The average molecular weight is 475 g/mol. The molecule has 8 nitrogen and oxygen atoms in total. The summed E-state index contributed by atoms with van der Waals surface area (Å²) >= 11 is 0. The molecular weight excluding hydrogens is 455 g/mol. The number of carboxylic acids is 1. The van der Waals surface area contributed by atoms with E-state index in [4.69, 9.17) is 14.6 Å². The molecule has 1 N–H and O–H groups in total. The third kappa shape index (κ3) is 6.13. The number of aromatic carboxylic acids is 1. The summed E-state index contributed by atoms with van der Waals surface area (Å²) in [6.07, 6.45) is -0.523. The zero-order chi connectivity index (χ0) is 24.1. The number of pyridine rings is 2. The third-order valence-corrected chi connectivity index (χ3v) is 5.06. The van der Waals surface area contributed by atoms with Gasteiger partial charge in [0, 0.05) is 18.8 Å². The van der Waals surface area contributed by atoms with Crippen molar-refractivity contribution >= 4 is 11.7 Å². The van der Waals surface area contributed by atoms with E-state index >= 15 is 0 Å². The fourth-order valence-electron chi connectivity index (χ4n) is 3.40. The summed E-state index contributed by atoms with van der Waals surface area (Å²) in [6.45, 7) is 1.70. The first-order chi connectivity index (χ1) is 16.3. The highest BCUT2D eigenvalue weighted by Crippen LogP contribution is 2.28. The minimum absolute atomic E-state index is 0.105. The molecule has 1 saturated heterocycles. The summed E-state index contributed by atoms with van der Waals surface area (Å²) in [5, 5.41) is 9.03. The molecular formula is C23H20F3N3O5. The van der Waals surface area contributed by atoms with Crippen LogP contribution in [0.4, 0.5) is 18.9 Å². The molecule has 1 atom stereocenters. The summed E-state index contributed by atoms with van der Waals surface area (Å²) < 4.78 is 52.3. The van der Waals surface area contributed by atoms with E-state index in [-0.39, 0.29) is 24.0 Å². The first-order valence-electron chi connectivity index (χ1n) is 10.3. The predicted molar refractivity (Wildman–Crippen MR) is 114 cm³/mol. The molecule has 0 spiro atoms. The second-order valence-electron chi connectivity index (χ2n) is 7.44. The summed E-state index contributed by atoms with van der Waals surface area (Å²) in [7, 11) is 0. The Labute approximate surface area is 192 Å². The topological polar surface area (TPSA) is 94.0 Å². The van der Waals surface area contributed by atoms with E-state index in [0.29, 0.717) is 36.7 Å². The number of hydrogen-bond donors (Lipinski definition) is 1. The van der Waals surface area contributed by atoms with E-state index in [1.54, 1.807) is 18.5 Å². The summed E-state index contributed by atoms with van der Waals surface area (Å²) in [5.41, 5.74) is 2.21. The van der Waals surface area contributed by atoms with E-state index in [0.717, 1.165) is 5.69 Å². The molecule has 1 fully saturated rings. The van der Waals surface area contributed by atoms with Crippen LogP contribution in [0.3, 0.4) is 0 Å². The van der Waals surface area contributed by atoms with Crippen molar-refractivity contribution in [2.45, 2.75) is 19.1 Å². The van der Waals surface area contributed by atoms with Gasteiger partial charge in [0.05, 0.1) is 42.5 Å². The highest BCUT2D eigenvalue weighted by molar-refractivity contribution is 5.87. The number of alkyl halides is 3. The number of ether oxygens (including phenoxy) is 3. The molecule has 3 heterocycles. The van der Waals surface area contributed by atoms with Crippen LogP contribution >= 0.6 is 0 Å². The van der Waals surface area contributed by atoms with Gasteiger partial charge in [0.15, 0.2) is 0 Å². The highest BCUT2D eigenvalue weighted by Gasteiger charge is 2.31. The van der Waals surface area contributed by atoms with Gasteiger partial charge >= 0.3 is 12.3 Å². The molecule has 4 rings (SSSR count). The Morgan fingerprint density at radius 1 is 1.12 bits per heavy atom. The van der Waals surface area contributed by atoms with Gasteiger partial charge < -0.3 is 24.2 Å². The third-order valence-electron chi connectivity index (χ3n) is 5.06. The van der Waals surface area contributed by atoms with E-state index < -0.39 is 12.3 Å². The molecule has 3 aromatic rings. The number of carboxylic acid groups (broad SMARTS) is 1. The van der Waals surface area contributed by atoms with Crippen LogP contribution in [0.1, 0.15) is 27.7 Å². The van der Waals surface area contributed by atoms with Crippen LogP contribution < -0.4 is 14.4 Å². The fourth-order valence-corrected chi connectivity index (χ4v) is 3.40. The summed E-state index contributed by atoms with van der Waals surface area (Å²) in [5.74, 6) is -0.840. The SMILES string of the molecule is O=C(O)c1ccc(C2CN(c3cncc(OCc4ccc(OC(F)(F)F)cc4)c3)CCO2)nc1. The van der Waals surface area contributed by atoms with Crippen molar-refractivity contribution in [2.24, 2.45) is 0 Å². The van der Waals surface area contributed by atoms with Gasteiger partial charge in [0.25, 0.3) is 0 Å². The average Bonchev–Trinajstić information content (AvgIpc) is 2.83. The van der Waals surface area contributed by atoms with E-state index in [1.807, 2.05) is 6.07 Å². The zero-order valence-electron chi connectivity index (χ0n) is 17.7. The Kier molecular flexibility index (Phi) is 6.82. The number of hydrogen-bond acceptors (Lipinski definition) is 7. The summed E-state index contributed by atoms with van der Waals surface area (Å²) in [4.78, 5) is 21.5. The normalized spacial score (nSPS) is 16.2. The van der Waals surface area contributed by atoms with Gasteiger partial charge in [0.1, 0.15) is 24.2 Å². The van der Waals surface area contributed by atoms with Gasteiger partial charge in [-0.1, -0.05) is 12.1 Å².